The van der Waals surface area contributed by atoms with Crippen molar-refractivity contribution in [3.05, 3.63) is 70.7 Å². The maximum Gasteiger partial charge on any atom is 0.203 e. The predicted molar refractivity (Wildman–Crippen MR) is 114 cm³/mol. The highest BCUT2D eigenvalue weighted by molar-refractivity contribution is 6.30. The van der Waals surface area contributed by atoms with Crippen molar-refractivity contribution in [1.29, 1.82) is 0 Å². The second-order valence-electron chi connectivity index (χ2n) is 6.29. The number of ether oxygens (including phenoxy) is 4. The lowest BCUT2D eigenvalue weighted by molar-refractivity contribution is 0.219. The standard InChI is InChI=1S/C23H23ClO5/c1-26-17-11-7-15(8-12-17)21(25)18-13-19(27-2)22(28-3)23(29-4)20(18)14-5-9-16(24)10-6-14/h5-13,21,25H,1-4H3. The quantitative estimate of drug-likeness (QED) is 0.581. The van der Waals surface area contributed by atoms with E-state index in [1.54, 1.807) is 58.8 Å². The Morgan fingerprint density at radius 3 is 1.90 bits per heavy atom. The van der Waals surface area contributed by atoms with E-state index >= 15 is 0 Å². The minimum absolute atomic E-state index is 0.450. The lowest BCUT2D eigenvalue weighted by atomic mass is 9.91. The van der Waals surface area contributed by atoms with Crippen LogP contribution in [0.4, 0.5) is 0 Å². The van der Waals surface area contributed by atoms with Crippen LogP contribution in [-0.2, 0) is 0 Å². The molecule has 3 aromatic carbocycles. The van der Waals surface area contributed by atoms with Crippen molar-refractivity contribution in [2.45, 2.75) is 6.10 Å². The van der Waals surface area contributed by atoms with Crippen LogP contribution in [-0.4, -0.2) is 33.5 Å². The molecule has 0 heterocycles. The van der Waals surface area contributed by atoms with E-state index in [-0.39, 0.29) is 0 Å². The van der Waals surface area contributed by atoms with Crippen molar-refractivity contribution in [3.63, 3.8) is 0 Å². The summed E-state index contributed by atoms with van der Waals surface area (Å²) in [7, 11) is 6.25. The van der Waals surface area contributed by atoms with E-state index in [4.69, 9.17) is 30.5 Å². The molecule has 0 aliphatic heterocycles. The minimum atomic E-state index is -0.930. The summed E-state index contributed by atoms with van der Waals surface area (Å²) in [6.45, 7) is 0. The molecule has 3 rings (SSSR count). The maximum absolute atomic E-state index is 11.2. The Kier molecular flexibility index (Phi) is 6.52. The largest absolute Gasteiger partial charge is 0.497 e. The fourth-order valence-electron chi connectivity index (χ4n) is 3.27. The minimum Gasteiger partial charge on any atom is -0.497 e. The molecule has 152 valence electrons. The van der Waals surface area contributed by atoms with Gasteiger partial charge < -0.3 is 24.1 Å². The molecule has 3 aromatic rings. The number of hydrogen-bond donors (Lipinski definition) is 1. The van der Waals surface area contributed by atoms with E-state index in [1.807, 2.05) is 24.3 Å². The molecule has 0 amide bonds. The molecule has 0 aliphatic carbocycles. The van der Waals surface area contributed by atoms with E-state index in [2.05, 4.69) is 0 Å². The lowest BCUT2D eigenvalue weighted by Crippen LogP contribution is -2.06. The zero-order chi connectivity index (χ0) is 21.0. The van der Waals surface area contributed by atoms with Gasteiger partial charge in [0.1, 0.15) is 11.9 Å². The van der Waals surface area contributed by atoms with Gasteiger partial charge in [-0.25, -0.2) is 0 Å². The Labute approximate surface area is 175 Å². The molecule has 0 aliphatic rings. The number of halogens is 1. The number of methoxy groups -OCH3 is 4. The molecular formula is C23H23ClO5. The average Bonchev–Trinajstić information content (AvgIpc) is 2.77. The van der Waals surface area contributed by atoms with Crippen LogP contribution in [0.15, 0.2) is 54.6 Å². The average molecular weight is 415 g/mol. The van der Waals surface area contributed by atoms with Gasteiger partial charge in [-0.05, 0) is 41.5 Å². The van der Waals surface area contributed by atoms with E-state index < -0.39 is 6.10 Å². The SMILES string of the molecule is COc1ccc(C(O)c2cc(OC)c(OC)c(OC)c2-c2ccc(Cl)cc2)cc1. The van der Waals surface area contributed by atoms with Crippen LogP contribution < -0.4 is 18.9 Å². The van der Waals surface area contributed by atoms with Gasteiger partial charge >= 0.3 is 0 Å². The third-order valence-corrected chi connectivity index (χ3v) is 4.97. The monoisotopic (exact) mass is 414 g/mol. The fraction of sp³-hybridized carbons (Fsp3) is 0.217. The van der Waals surface area contributed by atoms with Gasteiger partial charge in [0.25, 0.3) is 0 Å². The molecule has 0 spiro atoms. The smallest absolute Gasteiger partial charge is 0.203 e. The van der Waals surface area contributed by atoms with E-state index in [0.717, 1.165) is 5.56 Å². The van der Waals surface area contributed by atoms with Crippen LogP contribution in [0.25, 0.3) is 11.1 Å². The van der Waals surface area contributed by atoms with Gasteiger partial charge in [0, 0.05) is 16.1 Å². The molecule has 29 heavy (non-hydrogen) atoms. The van der Waals surface area contributed by atoms with Crippen LogP contribution >= 0.6 is 11.6 Å². The van der Waals surface area contributed by atoms with Gasteiger partial charge in [-0.3, -0.25) is 0 Å². The van der Waals surface area contributed by atoms with Gasteiger partial charge in [-0.1, -0.05) is 35.9 Å². The lowest BCUT2D eigenvalue weighted by Gasteiger charge is -2.23. The van der Waals surface area contributed by atoms with Gasteiger partial charge in [0.05, 0.1) is 28.4 Å². The molecule has 1 atom stereocenters. The zero-order valence-corrected chi connectivity index (χ0v) is 17.5. The van der Waals surface area contributed by atoms with Crippen LogP contribution in [0.5, 0.6) is 23.0 Å². The van der Waals surface area contributed by atoms with Gasteiger partial charge in [0.2, 0.25) is 5.75 Å². The van der Waals surface area contributed by atoms with Crippen molar-refractivity contribution < 1.29 is 24.1 Å². The van der Waals surface area contributed by atoms with Gasteiger partial charge in [-0.2, -0.15) is 0 Å². The number of benzene rings is 3. The Balaban J connectivity index is 2.26. The molecule has 0 saturated heterocycles. The highest BCUT2D eigenvalue weighted by Crippen LogP contribution is 2.49. The highest BCUT2D eigenvalue weighted by Gasteiger charge is 2.26. The van der Waals surface area contributed by atoms with Crippen molar-refractivity contribution in [2.24, 2.45) is 0 Å². The summed E-state index contributed by atoms with van der Waals surface area (Å²) in [5.41, 5.74) is 2.85. The topological polar surface area (TPSA) is 57.2 Å². The predicted octanol–water partition coefficient (Wildman–Crippen LogP) is 5.12. The first-order chi connectivity index (χ1) is 14.0. The summed E-state index contributed by atoms with van der Waals surface area (Å²) < 4.78 is 21.9. The Hall–Kier alpha value is -2.89. The van der Waals surface area contributed by atoms with Crippen LogP contribution in [0.2, 0.25) is 5.02 Å². The molecule has 0 radical (unpaired) electrons. The molecule has 1 N–H and O–H groups in total. The van der Waals surface area contributed by atoms with Crippen molar-refractivity contribution in [3.8, 4) is 34.1 Å². The second-order valence-corrected chi connectivity index (χ2v) is 6.73. The Morgan fingerprint density at radius 2 is 1.38 bits per heavy atom. The number of aliphatic hydroxyl groups excluding tert-OH is 1. The molecule has 6 heteroatoms. The first-order valence-corrected chi connectivity index (χ1v) is 9.32. The summed E-state index contributed by atoms with van der Waals surface area (Å²) >= 11 is 6.07. The van der Waals surface area contributed by atoms with Gasteiger partial charge in [-0.15, -0.1) is 0 Å². The van der Waals surface area contributed by atoms with E-state index in [0.29, 0.717) is 44.7 Å². The number of rotatable bonds is 7. The first kappa shape index (κ1) is 20.8. The van der Waals surface area contributed by atoms with Crippen LogP contribution in [0.3, 0.4) is 0 Å². The maximum atomic E-state index is 11.2. The van der Waals surface area contributed by atoms with Crippen molar-refractivity contribution >= 4 is 11.6 Å². The van der Waals surface area contributed by atoms with Crippen LogP contribution in [0, 0.1) is 0 Å². The molecule has 5 nitrogen and oxygen atoms in total. The Morgan fingerprint density at radius 1 is 0.759 bits per heavy atom. The number of hydrogen-bond acceptors (Lipinski definition) is 5. The van der Waals surface area contributed by atoms with Crippen LogP contribution in [0.1, 0.15) is 17.2 Å². The molecule has 0 saturated carbocycles. The molecule has 0 fully saturated rings. The van der Waals surface area contributed by atoms with E-state index in [9.17, 15) is 5.11 Å². The molecule has 0 aromatic heterocycles. The first-order valence-electron chi connectivity index (χ1n) is 8.94. The fourth-order valence-corrected chi connectivity index (χ4v) is 3.40. The summed E-state index contributed by atoms with van der Waals surface area (Å²) in [6, 6.07) is 16.3. The van der Waals surface area contributed by atoms with Crippen molar-refractivity contribution in [1.82, 2.24) is 0 Å². The molecule has 0 bridgehead atoms. The zero-order valence-electron chi connectivity index (χ0n) is 16.7. The third-order valence-electron chi connectivity index (χ3n) is 4.72. The number of aliphatic hydroxyl groups is 1. The summed E-state index contributed by atoms with van der Waals surface area (Å²) in [5.74, 6) is 2.09. The summed E-state index contributed by atoms with van der Waals surface area (Å²) in [5, 5.41) is 11.9. The molecule has 1 unspecified atom stereocenters. The highest BCUT2D eigenvalue weighted by atomic mass is 35.5. The molecular weight excluding hydrogens is 392 g/mol. The summed E-state index contributed by atoms with van der Waals surface area (Å²) in [6.07, 6.45) is -0.930. The normalized spacial score (nSPS) is 11.7. The van der Waals surface area contributed by atoms with Crippen molar-refractivity contribution in [2.75, 3.05) is 28.4 Å². The Bertz CT molecular complexity index is 968. The third kappa shape index (κ3) is 4.11. The van der Waals surface area contributed by atoms with Gasteiger partial charge in [0.15, 0.2) is 11.5 Å². The van der Waals surface area contributed by atoms with E-state index in [1.165, 1.54) is 0 Å². The summed E-state index contributed by atoms with van der Waals surface area (Å²) in [4.78, 5) is 0. The second kappa shape index (κ2) is 9.07.